The van der Waals surface area contributed by atoms with Crippen molar-refractivity contribution in [2.24, 2.45) is 0 Å². The zero-order valence-corrected chi connectivity index (χ0v) is 13.8. The van der Waals surface area contributed by atoms with Crippen LogP contribution >= 0.6 is 23.7 Å². The predicted octanol–water partition coefficient (Wildman–Crippen LogP) is 3.68. The molecule has 120 valence electrons. The molecule has 0 fully saturated rings. The topological polar surface area (TPSA) is 57.1 Å². The number of amidine groups is 1. The minimum absolute atomic E-state index is 0. The molecule has 0 bridgehead atoms. The van der Waals surface area contributed by atoms with Crippen LogP contribution in [0.15, 0.2) is 35.7 Å². The number of alkyl halides is 1. The smallest absolute Gasteiger partial charge is 0.140 e. The first-order chi connectivity index (χ1) is 10.2. The normalized spacial score (nSPS) is 9.91. The van der Waals surface area contributed by atoms with Gasteiger partial charge in [0, 0.05) is 24.3 Å². The first-order valence-electron chi connectivity index (χ1n) is 6.57. The summed E-state index contributed by atoms with van der Waals surface area (Å²) >= 11 is 1.51. The number of methoxy groups -OCH3 is 1. The highest BCUT2D eigenvalue weighted by Gasteiger charge is 2.07. The number of rotatable bonds is 7. The number of anilines is 1. The van der Waals surface area contributed by atoms with Gasteiger partial charge in [0.15, 0.2) is 0 Å². The van der Waals surface area contributed by atoms with E-state index in [1.807, 2.05) is 35.7 Å². The van der Waals surface area contributed by atoms with Crippen LogP contribution in [0.5, 0.6) is 5.75 Å². The summed E-state index contributed by atoms with van der Waals surface area (Å²) in [7, 11) is 1.61. The standard InChI is InChI=1S/C15H18FN3OS.ClH/c1-20-13-5-4-12(9-11(13)10-18-7-6-16)19-15(17)14-3-2-8-21-14;/h2-5,8-9,18H,6-7,10H2,1H3,(H2,17,19);1H. The second-order valence-corrected chi connectivity index (χ2v) is 5.32. The lowest BCUT2D eigenvalue weighted by Gasteiger charge is -2.12. The van der Waals surface area contributed by atoms with Gasteiger partial charge < -0.3 is 15.4 Å². The fraction of sp³-hybridized carbons (Fsp3) is 0.267. The van der Waals surface area contributed by atoms with Crippen LogP contribution in [0, 0.1) is 5.41 Å². The summed E-state index contributed by atoms with van der Waals surface area (Å²) in [5.74, 6) is 1.10. The van der Waals surface area contributed by atoms with E-state index in [2.05, 4.69) is 10.6 Å². The molecule has 0 amide bonds. The molecule has 0 aliphatic heterocycles. The van der Waals surface area contributed by atoms with Crippen molar-refractivity contribution in [2.45, 2.75) is 6.54 Å². The Balaban J connectivity index is 0.00000242. The van der Waals surface area contributed by atoms with Gasteiger partial charge >= 0.3 is 0 Å². The Bertz CT molecular complexity index is 592. The third-order valence-electron chi connectivity index (χ3n) is 2.90. The SMILES string of the molecule is COc1ccc(NC(=N)c2cccs2)cc1CNCCF.Cl. The molecule has 0 spiro atoms. The zero-order valence-electron chi connectivity index (χ0n) is 12.2. The average Bonchev–Trinajstić information content (AvgIpc) is 3.02. The summed E-state index contributed by atoms with van der Waals surface area (Å²) in [6.45, 7) is 0.435. The molecule has 0 atom stereocenters. The number of thiophene rings is 1. The molecule has 1 aromatic heterocycles. The van der Waals surface area contributed by atoms with Crippen LogP contribution in [-0.4, -0.2) is 26.2 Å². The third-order valence-corrected chi connectivity index (χ3v) is 3.79. The maximum atomic E-state index is 12.2. The summed E-state index contributed by atoms with van der Waals surface area (Å²) in [5, 5.41) is 16.0. The fourth-order valence-corrected chi connectivity index (χ4v) is 2.54. The maximum Gasteiger partial charge on any atom is 0.140 e. The number of nitrogens with one attached hydrogen (secondary N) is 3. The van der Waals surface area contributed by atoms with Crippen molar-refractivity contribution < 1.29 is 9.13 Å². The van der Waals surface area contributed by atoms with Crippen molar-refractivity contribution in [1.29, 1.82) is 5.41 Å². The van der Waals surface area contributed by atoms with Crippen molar-refractivity contribution >= 4 is 35.3 Å². The number of hydrogen-bond acceptors (Lipinski definition) is 4. The van der Waals surface area contributed by atoms with Crippen molar-refractivity contribution in [2.75, 3.05) is 25.6 Å². The fourth-order valence-electron chi connectivity index (χ4n) is 1.91. The monoisotopic (exact) mass is 343 g/mol. The van der Waals surface area contributed by atoms with Crippen molar-refractivity contribution in [3.63, 3.8) is 0 Å². The van der Waals surface area contributed by atoms with E-state index >= 15 is 0 Å². The molecule has 22 heavy (non-hydrogen) atoms. The van der Waals surface area contributed by atoms with E-state index in [4.69, 9.17) is 10.1 Å². The van der Waals surface area contributed by atoms with E-state index in [0.29, 0.717) is 18.9 Å². The molecule has 0 aliphatic carbocycles. The maximum absolute atomic E-state index is 12.2. The minimum atomic E-state index is -0.400. The van der Waals surface area contributed by atoms with E-state index in [1.54, 1.807) is 7.11 Å². The van der Waals surface area contributed by atoms with Gasteiger partial charge in [-0.3, -0.25) is 5.41 Å². The molecular weight excluding hydrogens is 325 g/mol. The second kappa shape index (κ2) is 9.40. The van der Waals surface area contributed by atoms with Crippen LogP contribution < -0.4 is 15.4 Å². The van der Waals surface area contributed by atoms with Gasteiger partial charge in [0.25, 0.3) is 0 Å². The average molecular weight is 344 g/mol. The third kappa shape index (κ3) is 4.98. The minimum Gasteiger partial charge on any atom is -0.496 e. The van der Waals surface area contributed by atoms with Gasteiger partial charge in [0.1, 0.15) is 18.3 Å². The molecule has 2 rings (SSSR count). The molecule has 1 aromatic carbocycles. The summed E-state index contributed by atoms with van der Waals surface area (Å²) in [4.78, 5) is 0.878. The van der Waals surface area contributed by atoms with Crippen LogP contribution in [0.25, 0.3) is 0 Å². The largest absolute Gasteiger partial charge is 0.496 e. The molecule has 3 N–H and O–H groups in total. The summed E-state index contributed by atoms with van der Waals surface area (Å²) in [6, 6.07) is 9.42. The van der Waals surface area contributed by atoms with Crippen LogP contribution in [0.3, 0.4) is 0 Å². The Morgan fingerprint density at radius 3 is 2.82 bits per heavy atom. The van der Waals surface area contributed by atoms with Gasteiger partial charge in [-0.05, 0) is 29.6 Å². The Hall–Kier alpha value is -1.63. The molecule has 2 aromatic rings. The predicted molar refractivity (Wildman–Crippen MR) is 92.7 cm³/mol. The highest BCUT2D eigenvalue weighted by Crippen LogP contribution is 2.23. The first kappa shape index (κ1) is 18.4. The van der Waals surface area contributed by atoms with Crippen LogP contribution in [-0.2, 0) is 6.54 Å². The van der Waals surface area contributed by atoms with Crippen molar-refractivity contribution in [3.05, 3.63) is 46.2 Å². The molecule has 4 nitrogen and oxygen atoms in total. The lowest BCUT2D eigenvalue weighted by atomic mass is 10.1. The van der Waals surface area contributed by atoms with Gasteiger partial charge in [-0.25, -0.2) is 4.39 Å². The molecular formula is C15H19ClFN3OS. The highest BCUT2D eigenvalue weighted by atomic mass is 35.5. The first-order valence-corrected chi connectivity index (χ1v) is 7.45. The van der Waals surface area contributed by atoms with Gasteiger partial charge in [0.05, 0.1) is 12.0 Å². The van der Waals surface area contributed by atoms with Gasteiger partial charge in [-0.1, -0.05) is 6.07 Å². The number of halogens is 2. The molecule has 7 heteroatoms. The van der Waals surface area contributed by atoms with Gasteiger partial charge in [-0.2, -0.15) is 0 Å². The van der Waals surface area contributed by atoms with E-state index in [1.165, 1.54) is 11.3 Å². The van der Waals surface area contributed by atoms with E-state index in [-0.39, 0.29) is 12.4 Å². The molecule has 0 aliphatic rings. The molecule has 0 saturated heterocycles. The zero-order chi connectivity index (χ0) is 15.1. The molecule has 0 unspecified atom stereocenters. The Labute approximate surface area is 139 Å². The summed E-state index contributed by atoms with van der Waals surface area (Å²) < 4.78 is 17.4. The lowest BCUT2D eigenvalue weighted by Crippen LogP contribution is -2.17. The van der Waals surface area contributed by atoms with Crippen LogP contribution in [0.4, 0.5) is 10.1 Å². The number of hydrogen-bond donors (Lipinski definition) is 3. The van der Waals surface area contributed by atoms with E-state index < -0.39 is 6.67 Å². The highest BCUT2D eigenvalue weighted by molar-refractivity contribution is 7.12. The quantitative estimate of drug-likeness (QED) is 0.408. The Kier molecular flexibility index (Phi) is 7.87. The number of benzene rings is 1. The van der Waals surface area contributed by atoms with Gasteiger partial charge in [0.2, 0.25) is 0 Å². The number of ether oxygens (including phenoxy) is 1. The molecule has 1 heterocycles. The van der Waals surface area contributed by atoms with E-state index in [9.17, 15) is 4.39 Å². The second-order valence-electron chi connectivity index (χ2n) is 4.37. The van der Waals surface area contributed by atoms with Crippen LogP contribution in [0.2, 0.25) is 0 Å². The van der Waals surface area contributed by atoms with Crippen molar-refractivity contribution in [3.8, 4) is 5.75 Å². The lowest BCUT2D eigenvalue weighted by molar-refractivity contribution is 0.405. The molecule has 0 radical (unpaired) electrons. The Morgan fingerprint density at radius 1 is 1.36 bits per heavy atom. The van der Waals surface area contributed by atoms with Gasteiger partial charge in [-0.15, -0.1) is 23.7 Å². The van der Waals surface area contributed by atoms with Crippen LogP contribution in [0.1, 0.15) is 10.4 Å². The summed E-state index contributed by atoms with van der Waals surface area (Å²) in [6.07, 6.45) is 0. The van der Waals surface area contributed by atoms with Crippen molar-refractivity contribution in [1.82, 2.24) is 5.32 Å². The van der Waals surface area contributed by atoms with E-state index in [0.717, 1.165) is 21.9 Å². The Morgan fingerprint density at radius 2 is 2.18 bits per heavy atom. The molecule has 0 saturated carbocycles. The summed E-state index contributed by atoms with van der Waals surface area (Å²) in [5.41, 5.74) is 1.74.